The Morgan fingerprint density at radius 2 is 1.76 bits per heavy atom. The summed E-state index contributed by atoms with van der Waals surface area (Å²) < 4.78 is 46.1. The van der Waals surface area contributed by atoms with Gasteiger partial charge in [-0.15, -0.1) is 0 Å². The molecule has 208 valence electrons. The maximum atomic E-state index is 13.4. The molecule has 0 amide bonds. The smallest absolute Gasteiger partial charge is 0.407 e. The largest absolute Gasteiger partial charge is 0.493 e. The lowest BCUT2D eigenvalue weighted by Crippen LogP contribution is -2.45. The van der Waals surface area contributed by atoms with Crippen molar-refractivity contribution in [3.05, 3.63) is 64.5 Å². The SMILES string of the molecule is [C-]#[N+]c1ccc(N2CCC(O)(CCOc3ccc(C(CC)NC(CC)CC)cc3C)CC2)cc1C(F)(F)F. The van der Waals surface area contributed by atoms with Crippen LogP contribution in [0.15, 0.2) is 36.4 Å². The number of anilines is 1. The molecule has 0 aromatic heterocycles. The Morgan fingerprint density at radius 1 is 1.08 bits per heavy atom. The highest BCUT2D eigenvalue weighted by Gasteiger charge is 2.36. The molecule has 2 N–H and O–H groups in total. The molecule has 2 aromatic rings. The van der Waals surface area contributed by atoms with E-state index in [0.717, 1.165) is 36.6 Å². The van der Waals surface area contributed by atoms with Gasteiger partial charge in [0.25, 0.3) is 0 Å². The van der Waals surface area contributed by atoms with Gasteiger partial charge in [-0.05, 0) is 68.4 Å². The van der Waals surface area contributed by atoms with Crippen molar-refractivity contribution >= 4 is 11.4 Å². The van der Waals surface area contributed by atoms with E-state index in [0.29, 0.717) is 56.7 Å². The highest BCUT2D eigenvalue weighted by molar-refractivity contribution is 5.62. The molecule has 5 nitrogen and oxygen atoms in total. The molecule has 1 atom stereocenters. The van der Waals surface area contributed by atoms with Crippen LogP contribution in [-0.2, 0) is 6.18 Å². The summed E-state index contributed by atoms with van der Waals surface area (Å²) in [6.45, 7) is 16.8. The molecule has 0 spiro atoms. The number of alkyl halides is 3. The predicted molar refractivity (Wildman–Crippen MR) is 146 cm³/mol. The molecule has 1 fully saturated rings. The van der Waals surface area contributed by atoms with Crippen molar-refractivity contribution in [1.82, 2.24) is 5.32 Å². The minimum Gasteiger partial charge on any atom is -0.493 e. The number of piperidine rings is 1. The van der Waals surface area contributed by atoms with Crippen LogP contribution in [0.1, 0.15) is 82.0 Å². The number of halogens is 3. The quantitative estimate of drug-likeness (QED) is 0.293. The summed E-state index contributed by atoms with van der Waals surface area (Å²) in [5, 5.41) is 14.8. The molecule has 3 rings (SSSR count). The zero-order valence-corrected chi connectivity index (χ0v) is 22.9. The third-order valence-corrected chi connectivity index (χ3v) is 7.72. The molecule has 1 aliphatic rings. The summed E-state index contributed by atoms with van der Waals surface area (Å²) in [4.78, 5) is 4.84. The predicted octanol–water partition coefficient (Wildman–Crippen LogP) is 7.59. The Labute approximate surface area is 224 Å². The fourth-order valence-electron chi connectivity index (χ4n) is 5.14. The lowest BCUT2D eigenvalue weighted by atomic mass is 9.88. The van der Waals surface area contributed by atoms with Gasteiger partial charge in [0.2, 0.25) is 0 Å². The number of hydrogen-bond acceptors (Lipinski definition) is 4. The lowest BCUT2D eigenvalue weighted by Gasteiger charge is -2.39. The van der Waals surface area contributed by atoms with Gasteiger partial charge in [-0.2, -0.15) is 13.2 Å². The molecule has 38 heavy (non-hydrogen) atoms. The molecule has 0 aliphatic carbocycles. The number of hydrogen-bond donors (Lipinski definition) is 2. The van der Waals surface area contributed by atoms with Crippen LogP contribution >= 0.6 is 0 Å². The van der Waals surface area contributed by atoms with Crippen LogP contribution < -0.4 is 15.0 Å². The molecule has 0 radical (unpaired) electrons. The number of nitrogens with one attached hydrogen (secondary N) is 1. The van der Waals surface area contributed by atoms with Gasteiger partial charge in [0, 0.05) is 37.3 Å². The Morgan fingerprint density at radius 3 is 2.32 bits per heavy atom. The van der Waals surface area contributed by atoms with E-state index in [1.54, 1.807) is 6.07 Å². The highest BCUT2D eigenvalue weighted by Crippen LogP contribution is 2.39. The summed E-state index contributed by atoms with van der Waals surface area (Å²) in [6, 6.07) is 10.9. The van der Waals surface area contributed by atoms with E-state index in [1.165, 1.54) is 11.6 Å². The zero-order chi connectivity index (χ0) is 27.9. The maximum Gasteiger partial charge on any atom is 0.407 e. The standard InChI is InChI=1S/C30H40F3N3O2/c1-6-23(7-2)35-26(8-3)22-9-12-28(21(4)19-22)38-18-15-29(37)13-16-36(17-14-29)24-10-11-27(34-5)25(20-24)30(31,32)33/h9-12,19-20,23,26,35,37H,6-8,13-18H2,1-4H3. The van der Waals surface area contributed by atoms with E-state index < -0.39 is 23.0 Å². The number of ether oxygens (including phenoxy) is 1. The van der Waals surface area contributed by atoms with Gasteiger partial charge in [0.15, 0.2) is 5.69 Å². The van der Waals surface area contributed by atoms with Crippen molar-refractivity contribution in [3.8, 4) is 5.75 Å². The first-order valence-corrected chi connectivity index (χ1v) is 13.6. The summed E-state index contributed by atoms with van der Waals surface area (Å²) in [5.74, 6) is 0.798. The van der Waals surface area contributed by atoms with Crippen LogP contribution in [-0.4, -0.2) is 36.4 Å². The van der Waals surface area contributed by atoms with E-state index in [9.17, 15) is 18.3 Å². The minimum absolute atomic E-state index is 0.295. The van der Waals surface area contributed by atoms with Crippen LogP contribution in [0, 0.1) is 13.5 Å². The average molecular weight is 532 g/mol. The van der Waals surface area contributed by atoms with Crippen molar-refractivity contribution in [2.75, 3.05) is 24.6 Å². The van der Waals surface area contributed by atoms with Crippen molar-refractivity contribution in [2.24, 2.45) is 0 Å². The van der Waals surface area contributed by atoms with Gasteiger partial charge in [0.1, 0.15) is 5.75 Å². The zero-order valence-electron chi connectivity index (χ0n) is 22.9. The van der Waals surface area contributed by atoms with Gasteiger partial charge < -0.3 is 20.1 Å². The van der Waals surface area contributed by atoms with E-state index in [4.69, 9.17) is 11.3 Å². The van der Waals surface area contributed by atoms with Gasteiger partial charge in [-0.25, -0.2) is 4.85 Å². The Hall–Kier alpha value is -2.76. The van der Waals surface area contributed by atoms with Crippen LogP contribution in [0.2, 0.25) is 0 Å². The average Bonchev–Trinajstić information content (AvgIpc) is 2.90. The second kappa shape index (κ2) is 12.9. The number of aliphatic hydroxyl groups is 1. The van der Waals surface area contributed by atoms with E-state index >= 15 is 0 Å². The maximum absolute atomic E-state index is 13.4. The minimum atomic E-state index is -4.58. The Bertz CT molecular complexity index is 1100. The first-order chi connectivity index (χ1) is 18.0. The Balaban J connectivity index is 1.55. The van der Waals surface area contributed by atoms with Gasteiger partial charge in [-0.3, -0.25) is 0 Å². The molecular formula is C30H40F3N3O2. The fraction of sp³-hybridized carbons (Fsp3) is 0.567. The van der Waals surface area contributed by atoms with E-state index in [2.05, 4.69) is 43.1 Å². The molecule has 8 heteroatoms. The first-order valence-electron chi connectivity index (χ1n) is 13.6. The number of nitrogens with zero attached hydrogens (tertiary/aromatic N) is 2. The normalized spacial score (nSPS) is 16.4. The van der Waals surface area contributed by atoms with Crippen LogP contribution in [0.25, 0.3) is 4.85 Å². The fourth-order valence-corrected chi connectivity index (χ4v) is 5.14. The lowest BCUT2D eigenvalue weighted by molar-refractivity contribution is -0.136. The second-order valence-corrected chi connectivity index (χ2v) is 10.3. The third-order valence-electron chi connectivity index (χ3n) is 7.72. The van der Waals surface area contributed by atoms with Crippen molar-refractivity contribution in [2.45, 2.75) is 90.1 Å². The molecule has 2 aromatic carbocycles. The molecule has 1 heterocycles. The van der Waals surface area contributed by atoms with Crippen molar-refractivity contribution in [3.63, 3.8) is 0 Å². The molecule has 1 unspecified atom stereocenters. The summed E-state index contributed by atoms with van der Waals surface area (Å²) in [6.07, 6.45) is -0.0861. The number of rotatable bonds is 11. The number of aryl methyl sites for hydroxylation is 1. The summed E-state index contributed by atoms with van der Waals surface area (Å²) in [7, 11) is 0. The van der Waals surface area contributed by atoms with E-state index in [-0.39, 0.29) is 0 Å². The molecule has 1 saturated heterocycles. The molecule has 1 aliphatic heterocycles. The monoisotopic (exact) mass is 531 g/mol. The van der Waals surface area contributed by atoms with Gasteiger partial charge in [0.05, 0.1) is 24.3 Å². The number of benzene rings is 2. The van der Waals surface area contributed by atoms with Gasteiger partial charge in [-0.1, -0.05) is 39.0 Å². The van der Waals surface area contributed by atoms with Crippen molar-refractivity contribution < 1.29 is 23.0 Å². The first kappa shape index (κ1) is 29.8. The molecular weight excluding hydrogens is 491 g/mol. The highest BCUT2D eigenvalue weighted by atomic mass is 19.4. The van der Waals surface area contributed by atoms with Crippen LogP contribution in [0.4, 0.5) is 24.5 Å². The van der Waals surface area contributed by atoms with Crippen LogP contribution in [0.5, 0.6) is 5.75 Å². The molecule has 0 bridgehead atoms. The van der Waals surface area contributed by atoms with Crippen molar-refractivity contribution in [1.29, 1.82) is 0 Å². The van der Waals surface area contributed by atoms with Crippen LogP contribution in [0.3, 0.4) is 0 Å². The summed E-state index contributed by atoms with van der Waals surface area (Å²) >= 11 is 0. The summed E-state index contributed by atoms with van der Waals surface area (Å²) in [5.41, 5.74) is 0.467. The van der Waals surface area contributed by atoms with E-state index in [1.807, 2.05) is 17.9 Å². The Kier molecular flexibility index (Phi) is 10.1. The van der Waals surface area contributed by atoms with Gasteiger partial charge >= 0.3 is 6.18 Å². The second-order valence-electron chi connectivity index (χ2n) is 10.3. The molecule has 0 saturated carbocycles. The topological polar surface area (TPSA) is 49.1 Å². The third kappa shape index (κ3) is 7.42.